The van der Waals surface area contributed by atoms with E-state index in [0.29, 0.717) is 19.3 Å². The van der Waals surface area contributed by atoms with Gasteiger partial charge in [0.1, 0.15) is 0 Å². The molecule has 1 rings (SSSR count). The lowest BCUT2D eigenvalue weighted by atomic mass is 9.76. The van der Waals surface area contributed by atoms with E-state index in [2.05, 4.69) is 0 Å². The molecule has 1 saturated carbocycles. The van der Waals surface area contributed by atoms with Crippen LogP contribution in [0.1, 0.15) is 25.7 Å². The zero-order valence-electron chi connectivity index (χ0n) is 8.09. The highest BCUT2D eigenvalue weighted by Crippen LogP contribution is 2.33. The number of carbonyl (C=O) groups is 2. The number of aliphatic hydroxyl groups excluding tert-OH is 1. The quantitative estimate of drug-likeness (QED) is 0.472. The van der Waals surface area contributed by atoms with Crippen LogP contribution in [0, 0.1) is 5.92 Å². The summed E-state index contributed by atoms with van der Waals surface area (Å²) in [7, 11) is 0. The Morgan fingerprint density at radius 2 is 1.67 bits per heavy atom. The summed E-state index contributed by atoms with van der Waals surface area (Å²) in [5.41, 5.74) is -2.78. The zero-order chi connectivity index (χ0) is 11.6. The number of hydrogen-bond acceptors (Lipinski definition) is 4. The SMILES string of the molecule is O=C(O)C(O)(C(=O)O)[C@H]1CCC[C@H](O)C1. The largest absolute Gasteiger partial charge is 0.479 e. The highest BCUT2D eigenvalue weighted by atomic mass is 16.4. The molecule has 0 unspecified atom stereocenters. The van der Waals surface area contributed by atoms with Crippen LogP contribution in [0.3, 0.4) is 0 Å². The lowest BCUT2D eigenvalue weighted by Gasteiger charge is -2.33. The van der Waals surface area contributed by atoms with E-state index >= 15 is 0 Å². The second-order valence-electron chi connectivity index (χ2n) is 3.89. The van der Waals surface area contributed by atoms with Crippen molar-refractivity contribution in [2.45, 2.75) is 37.4 Å². The van der Waals surface area contributed by atoms with Gasteiger partial charge in [0.05, 0.1) is 6.10 Å². The molecule has 0 aromatic heterocycles. The van der Waals surface area contributed by atoms with Gasteiger partial charge in [0.25, 0.3) is 5.60 Å². The van der Waals surface area contributed by atoms with Crippen molar-refractivity contribution in [3.8, 4) is 0 Å². The summed E-state index contributed by atoms with van der Waals surface area (Å²) in [5, 5.41) is 36.4. The van der Waals surface area contributed by atoms with Gasteiger partial charge in [-0.05, 0) is 19.3 Å². The second-order valence-corrected chi connectivity index (χ2v) is 3.89. The first-order chi connectivity index (χ1) is 6.89. The summed E-state index contributed by atoms with van der Waals surface area (Å²) >= 11 is 0. The van der Waals surface area contributed by atoms with Gasteiger partial charge in [-0.2, -0.15) is 0 Å². The van der Waals surface area contributed by atoms with Crippen LogP contribution in [0.25, 0.3) is 0 Å². The van der Waals surface area contributed by atoms with Gasteiger partial charge in [-0.3, -0.25) is 0 Å². The van der Waals surface area contributed by atoms with E-state index in [9.17, 15) is 19.8 Å². The van der Waals surface area contributed by atoms with Crippen LogP contribution in [0.2, 0.25) is 0 Å². The lowest BCUT2D eigenvalue weighted by Crippen LogP contribution is -2.54. The summed E-state index contributed by atoms with van der Waals surface area (Å²) in [4.78, 5) is 21.5. The molecule has 0 aromatic rings. The van der Waals surface area contributed by atoms with E-state index in [1.165, 1.54) is 0 Å². The van der Waals surface area contributed by atoms with Crippen molar-refractivity contribution in [1.29, 1.82) is 0 Å². The summed E-state index contributed by atoms with van der Waals surface area (Å²) in [6, 6.07) is 0. The maximum atomic E-state index is 10.8. The number of hydrogen-bond donors (Lipinski definition) is 4. The van der Waals surface area contributed by atoms with Crippen molar-refractivity contribution < 1.29 is 30.0 Å². The van der Waals surface area contributed by atoms with Crippen LogP contribution in [-0.2, 0) is 9.59 Å². The van der Waals surface area contributed by atoms with E-state index in [4.69, 9.17) is 10.2 Å². The Morgan fingerprint density at radius 1 is 1.13 bits per heavy atom. The Kier molecular flexibility index (Phi) is 3.31. The molecule has 0 amide bonds. The number of aliphatic carboxylic acids is 2. The molecule has 0 saturated heterocycles. The van der Waals surface area contributed by atoms with Crippen LogP contribution in [0.15, 0.2) is 0 Å². The minimum Gasteiger partial charge on any atom is -0.479 e. The highest BCUT2D eigenvalue weighted by Gasteiger charge is 2.52. The Balaban J connectivity index is 2.89. The molecule has 4 N–H and O–H groups in total. The van der Waals surface area contributed by atoms with Crippen LogP contribution < -0.4 is 0 Å². The van der Waals surface area contributed by atoms with Crippen LogP contribution in [0.4, 0.5) is 0 Å². The molecule has 0 aliphatic heterocycles. The summed E-state index contributed by atoms with van der Waals surface area (Å²) < 4.78 is 0. The average molecular weight is 218 g/mol. The standard InChI is InChI=1S/C9H14O6/c10-6-3-1-2-5(4-6)9(15,7(11)12)8(13)14/h5-6,10,15H,1-4H2,(H,11,12)(H,13,14)/t5-,6-/m0/s1. The molecule has 0 radical (unpaired) electrons. The third-order valence-electron chi connectivity index (χ3n) is 2.89. The molecule has 0 bridgehead atoms. The van der Waals surface area contributed by atoms with Gasteiger partial charge < -0.3 is 20.4 Å². The van der Waals surface area contributed by atoms with E-state index < -0.39 is 29.6 Å². The lowest BCUT2D eigenvalue weighted by molar-refractivity contribution is -0.185. The average Bonchev–Trinajstić information content (AvgIpc) is 2.15. The summed E-state index contributed by atoms with van der Waals surface area (Å²) in [6.45, 7) is 0. The first kappa shape index (κ1) is 11.9. The van der Waals surface area contributed by atoms with E-state index in [0.717, 1.165) is 0 Å². The highest BCUT2D eigenvalue weighted by molar-refractivity contribution is 6.01. The van der Waals surface area contributed by atoms with E-state index in [1.54, 1.807) is 0 Å². The fourth-order valence-electron chi connectivity index (χ4n) is 1.98. The number of carboxylic acid groups (broad SMARTS) is 2. The monoisotopic (exact) mass is 218 g/mol. The van der Waals surface area contributed by atoms with Gasteiger partial charge in [-0.15, -0.1) is 0 Å². The number of carboxylic acids is 2. The molecule has 15 heavy (non-hydrogen) atoms. The normalized spacial score (nSPS) is 27.3. The van der Waals surface area contributed by atoms with Gasteiger partial charge in [0.15, 0.2) is 0 Å². The molecular weight excluding hydrogens is 204 g/mol. The first-order valence-electron chi connectivity index (χ1n) is 4.76. The van der Waals surface area contributed by atoms with Crippen LogP contribution in [0.5, 0.6) is 0 Å². The molecule has 0 heterocycles. The topological polar surface area (TPSA) is 115 Å². The second kappa shape index (κ2) is 4.16. The van der Waals surface area contributed by atoms with Gasteiger partial charge in [-0.1, -0.05) is 6.42 Å². The van der Waals surface area contributed by atoms with Crippen LogP contribution >= 0.6 is 0 Å². The van der Waals surface area contributed by atoms with Crippen molar-refractivity contribution in [3.05, 3.63) is 0 Å². The van der Waals surface area contributed by atoms with Crippen molar-refractivity contribution in [2.24, 2.45) is 5.92 Å². The molecule has 0 spiro atoms. The fourth-order valence-corrected chi connectivity index (χ4v) is 1.98. The van der Waals surface area contributed by atoms with Crippen molar-refractivity contribution >= 4 is 11.9 Å². The fraction of sp³-hybridized carbons (Fsp3) is 0.778. The summed E-state index contributed by atoms with van der Waals surface area (Å²) in [5.74, 6) is -4.47. The minimum absolute atomic E-state index is 0.00903. The number of aliphatic hydroxyl groups is 2. The number of rotatable bonds is 3. The minimum atomic E-state index is -2.78. The molecule has 6 heteroatoms. The molecule has 6 nitrogen and oxygen atoms in total. The Bertz CT molecular complexity index is 260. The van der Waals surface area contributed by atoms with Gasteiger partial charge in [0.2, 0.25) is 0 Å². The van der Waals surface area contributed by atoms with E-state index in [1.807, 2.05) is 0 Å². The Labute approximate surface area is 86.2 Å². The molecule has 1 aliphatic carbocycles. The van der Waals surface area contributed by atoms with Gasteiger partial charge in [-0.25, -0.2) is 9.59 Å². The predicted molar refractivity (Wildman–Crippen MR) is 48.2 cm³/mol. The van der Waals surface area contributed by atoms with Gasteiger partial charge >= 0.3 is 11.9 Å². The van der Waals surface area contributed by atoms with Crippen molar-refractivity contribution in [2.75, 3.05) is 0 Å². The van der Waals surface area contributed by atoms with Gasteiger partial charge in [0, 0.05) is 5.92 Å². The maximum Gasteiger partial charge on any atom is 0.347 e. The molecule has 2 atom stereocenters. The predicted octanol–water partition coefficient (Wildman–Crippen LogP) is -0.562. The summed E-state index contributed by atoms with van der Waals surface area (Å²) in [6.07, 6.45) is 0.621. The molecule has 0 aromatic carbocycles. The van der Waals surface area contributed by atoms with E-state index in [-0.39, 0.29) is 6.42 Å². The third kappa shape index (κ3) is 2.10. The molecule has 1 fully saturated rings. The molecule has 86 valence electrons. The smallest absolute Gasteiger partial charge is 0.347 e. The van der Waals surface area contributed by atoms with Crippen LogP contribution in [-0.4, -0.2) is 44.1 Å². The first-order valence-corrected chi connectivity index (χ1v) is 4.76. The zero-order valence-corrected chi connectivity index (χ0v) is 8.09. The molecular formula is C9H14O6. The maximum absolute atomic E-state index is 10.8. The van der Waals surface area contributed by atoms with Crippen molar-refractivity contribution in [3.63, 3.8) is 0 Å². The van der Waals surface area contributed by atoms with Crippen molar-refractivity contribution in [1.82, 2.24) is 0 Å². The Morgan fingerprint density at radius 3 is 2.07 bits per heavy atom. The Hall–Kier alpha value is -1.14. The third-order valence-corrected chi connectivity index (χ3v) is 2.89. The molecule has 1 aliphatic rings.